The number of nitrogens with two attached hydrogens (primary N) is 1. The maximum atomic E-state index is 5.76. The summed E-state index contributed by atoms with van der Waals surface area (Å²) in [6.45, 7) is 4.12. The molecule has 0 fully saturated rings. The largest absolute Gasteiger partial charge is 0.463 e. The fourth-order valence-corrected chi connectivity index (χ4v) is 1.52. The van der Waals surface area contributed by atoms with Crippen LogP contribution in [0.5, 0.6) is 0 Å². The van der Waals surface area contributed by atoms with Gasteiger partial charge in [-0.2, -0.15) is 0 Å². The number of aromatic nitrogens is 2. The molecule has 0 bridgehead atoms. The lowest BCUT2D eigenvalue weighted by atomic mass is 10.3. The summed E-state index contributed by atoms with van der Waals surface area (Å²) >= 11 is 0. The van der Waals surface area contributed by atoms with E-state index in [4.69, 9.17) is 10.2 Å². The molecule has 0 unspecified atom stereocenters. The number of rotatable bonds is 2. The van der Waals surface area contributed by atoms with Gasteiger partial charge in [0.1, 0.15) is 5.69 Å². The van der Waals surface area contributed by atoms with Crippen molar-refractivity contribution in [2.24, 2.45) is 0 Å². The van der Waals surface area contributed by atoms with E-state index in [2.05, 4.69) is 18.8 Å². The van der Waals surface area contributed by atoms with Crippen LogP contribution in [0.25, 0.3) is 11.5 Å². The van der Waals surface area contributed by atoms with E-state index in [1.165, 1.54) is 0 Å². The van der Waals surface area contributed by atoms with E-state index >= 15 is 0 Å². The number of hydrogen-bond donors (Lipinski definition) is 1. The molecule has 2 heterocycles. The van der Waals surface area contributed by atoms with Crippen molar-refractivity contribution in [3.63, 3.8) is 0 Å². The minimum absolute atomic E-state index is 0.276. The van der Waals surface area contributed by atoms with Crippen molar-refractivity contribution >= 4 is 5.95 Å². The van der Waals surface area contributed by atoms with Gasteiger partial charge in [0.05, 0.1) is 12.5 Å². The van der Waals surface area contributed by atoms with E-state index in [-0.39, 0.29) is 6.04 Å². The fourth-order valence-electron chi connectivity index (χ4n) is 1.52. The molecule has 74 valence electrons. The van der Waals surface area contributed by atoms with E-state index < -0.39 is 0 Å². The van der Waals surface area contributed by atoms with Gasteiger partial charge >= 0.3 is 0 Å². The molecule has 0 aliphatic rings. The molecule has 0 aliphatic heterocycles. The molecule has 0 aliphatic carbocycles. The highest BCUT2D eigenvalue weighted by Crippen LogP contribution is 2.25. The van der Waals surface area contributed by atoms with Crippen molar-refractivity contribution in [2.45, 2.75) is 19.9 Å². The molecule has 2 N–H and O–H groups in total. The van der Waals surface area contributed by atoms with E-state index in [1.807, 2.05) is 16.7 Å². The summed E-state index contributed by atoms with van der Waals surface area (Å²) in [5, 5.41) is 0. The van der Waals surface area contributed by atoms with Gasteiger partial charge in [-0.1, -0.05) is 0 Å². The van der Waals surface area contributed by atoms with Crippen molar-refractivity contribution in [1.29, 1.82) is 0 Å². The minimum atomic E-state index is 0.276. The van der Waals surface area contributed by atoms with Crippen LogP contribution in [0, 0.1) is 0 Å². The van der Waals surface area contributed by atoms with Crippen LogP contribution < -0.4 is 5.73 Å². The van der Waals surface area contributed by atoms with E-state index in [9.17, 15) is 0 Å². The number of nitrogens with zero attached hydrogens (tertiary/aromatic N) is 2. The third kappa shape index (κ3) is 1.28. The third-order valence-electron chi connectivity index (χ3n) is 2.12. The molecule has 2 aromatic heterocycles. The lowest BCUT2D eigenvalue weighted by Gasteiger charge is -2.11. The molecule has 4 nitrogen and oxygen atoms in total. The molecule has 2 rings (SSSR count). The summed E-state index contributed by atoms with van der Waals surface area (Å²) in [7, 11) is 0. The van der Waals surface area contributed by atoms with Gasteiger partial charge in [0.15, 0.2) is 5.76 Å². The van der Waals surface area contributed by atoms with Crippen LogP contribution in [-0.2, 0) is 0 Å². The van der Waals surface area contributed by atoms with Crippen molar-refractivity contribution in [3.05, 3.63) is 24.6 Å². The molecule has 0 aromatic carbocycles. The summed E-state index contributed by atoms with van der Waals surface area (Å²) in [4.78, 5) is 4.07. The molecule has 2 aromatic rings. The van der Waals surface area contributed by atoms with Crippen LogP contribution in [-0.4, -0.2) is 9.55 Å². The predicted octanol–water partition coefficient (Wildman–Crippen LogP) is 2.31. The predicted molar refractivity (Wildman–Crippen MR) is 54.7 cm³/mol. The first-order valence-electron chi connectivity index (χ1n) is 4.56. The molecule has 0 atom stereocenters. The summed E-state index contributed by atoms with van der Waals surface area (Å²) in [5.74, 6) is 1.31. The molecule has 0 saturated heterocycles. The molecule has 0 spiro atoms. The molecule has 0 saturated carbocycles. The Hall–Kier alpha value is -1.71. The molecule has 0 amide bonds. The molecular weight excluding hydrogens is 178 g/mol. The second kappa shape index (κ2) is 3.21. The lowest BCUT2D eigenvalue weighted by molar-refractivity contribution is 0.558. The SMILES string of the molecule is CC(C)n1c(-c2ccco2)cnc1N. The van der Waals surface area contributed by atoms with Crippen LogP contribution in [0.3, 0.4) is 0 Å². The number of furan rings is 1. The Labute approximate surface area is 82.4 Å². The van der Waals surface area contributed by atoms with Gasteiger partial charge in [0, 0.05) is 6.04 Å². The van der Waals surface area contributed by atoms with Gasteiger partial charge < -0.3 is 14.7 Å². The van der Waals surface area contributed by atoms with Gasteiger partial charge in [-0.25, -0.2) is 4.98 Å². The smallest absolute Gasteiger partial charge is 0.200 e. The van der Waals surface area contributed by atoms with Gasteiger partial charge in [-0.15, -0.1) is 0 Å². The number of imidazole rings is 1. The first-order valence-corrected chi connectivity index (χ1v) is 4.56. The van der Waals surface area contributed by atoms with Gasteiger partial charge in [-0.3, -0.25) is 0 Å². The Balaban J connectivity index is 2.54. The molecule has 14 heavy (non-hydrogen) atoms. The summed E-state index contributed by atoms with van der Waals surface area (Å²) < 4.78 is 7.25. The highest BCUT2D eigenvalue weighted by Gasteiger charge is 2.13. The normalized spacial score (nSPS) is 11.1. The van der Waals surface area contributed by atoms with Crippen LogP contribution in [0.2, 0.25) is 0 Å². The van der Waals surface area contributed by atoms with Crippen LogP contribution in [0.15, 0.2) is 29.0 Å². The molecule has 4 heteroatoms. The van der Waals surface area contributed by atoms with E-state index in [0.717, 1.165) is 11.5 Å². The zero-order valence-corrected chi connectivity index (χ0v) is 8.27. The Bertz CT molecular complexity index is 415. The third-order valence-corrected chi connectivity index (χ3v) is 2.12. The maximum Gasteiger partial charge on any atom is 0.200 e. The highest BCUT2D eigenvalue weighted by molar-refractivity contribution is 5.54. The van der Waals surface area contributed by atoms with Gasteiger partial charge in [-0.05, 0) is 26.0 Å². The Morgan fingerprint density at radius 3 is 2.86 bits per heavy atom. The summed E-state index contributed by atoms with van der Waals surface area (Å²) in [5.41, 5.74) is 6.68. The zero-order valence-electron chi connectivity index (χ0n) is 8.27. The first-order chi connectivity index (χ1) is 6.70. The first kappa shape index (κ1) is 8.87. The summed E-state index contributed by atoms with van der Waals surface area (Å²) in [6, 6.07) is 4.02. The lowest BCUT2D eigenvalue weighted by Crippen LogP contribution is -2.06. The number of nitrogen functional groups attached to an aromatic ring is 1. The van der Waals surface area contributed by atoms with E-state index in [0.29, 0.717) is 5.95 Å². The molecular formula is C10H13N3O. The van der Waals surface area contributed by atoms with Gasteiger partial charge in [0.25, 0.3) is 0 Å². The standard InChI is InChI=1S/C10H13N3O/c1-7(2)13-8(6-12-10(13)11)9-4-3-5-14-9/h3-7H,1-2H3,(H2,11,12). The van der Waals surface area contributed by atoms with Crippen LogP contribution >= 0.6 is 0 Å². The quantitative estimate of drug-likeness (QED) is 0.792. The van der Waals surface area contributed by atoms with Gasteiger partial charge in [0.2, 0.25) is 5.95 Å². The highest BCUT2D eigenvalue weighted by atomic mass is 16.3. The molecule has 0 radical (unpaired) electrons. The Morgan fingerprint density at radius 2 is 2.29 bits per heavy atom. The monoisotopic (exact) mass is 191 g/mol. The minimum Gasteiger partial charge on any atom is -0.463 e. The zero-order chi connectivity index (χ0) is 10.1. The van der Waals surface area contributed by atoms with Crippen molar-refractivity contribution in [2.75, 3.05) is 5.73 Å². The van der Waals surface area contributed by atoms with E-state index in [1.54, 1.807) is 12.5 Å². The Kier molecular flexibility index (Phi) is 2.04. The maximum absolute atomic E-state index is 5.76. The fraction of sp³-hybridized carbons (Fsp3) is 0.300. The second-order valence-corrected chi connectivity index (χ2v) is 3.44. The van der Waals surface area contributed by atoms with Crippen LogP contribution in [0.1, 0.15) is 19.9 Å². The number of hydrogen-bond acceptors (Lipinski definition) is 3. The van der Waals surface area contributed by atoms with Crippen LogP contribution in [0.4, 0.5) is 5.95 Å². The van der Waals surface area contributed by atoms with Crippen molar-refractivity contribution in [1.82, 2.24) is 9.55 Å². The topological polar surface area (TPSA) is 57.0 Å². The average molecular weight is 191 g/mol. The number of anilines is 1. The van der Waals surface area contributed by atoms with Crippen molar-refractivity contribution < 1.29 is 4.42 Å². The van der Waals surface area contributed by atoms with Crippen molar-refractivity contribution in [3.8, 4) is 11.5 Å². The average Bonchev–Trinajstić information content (AvgIpc) is 2.70. The second-order valence-electron chi connectivity index (χ2n) is 3.44. The Morgan fingerprint density at radius 1 is 1.50 bits per heavy atom. The summed E-state index contributed by atoms with van der Waals surface area (Å²) in [6.07, 6.45) is 3.37.